The molecule has 10 rings (SSSR count). The molecule has 1 N–H and O–H groups in total. The molecule has 1 aliphatic heterocycles. The van der Waals surface area contributed by atoms with Gasteiger partial charge in [0.25, 0.3) is 0 Å². The van der Waals surface area contributed by atoms with Gasteiger partial charge in [-0.3, -0.25) is 0 Å². The van der Waals surface area contributed by atoms with Crippen LogP contribution < -0.4 is 5.32 Å². The maximum absolute atomic E-state index is 5.14. The van der Waals surface area contributed by atoms with Gasteiger partial charge in [-0.25, -0.2) is 9.98 Å². The topological polar surface area (TPSA) is 41.7 Å². The van der Waals surface area contributed by atoms with Gasteiger partial charge in [-0.15, -0.1) is 0 Å². The van der Waals surface area contributed by atoms with E-state index in [1.165, 1.54) is 54.1 Å². The van der Waals surface area contributed by atoms with Gasteiger partial charge in [-0.1, -0.05) is 140 Å². The van der Waals surface area contributed by atoms with Crippen molar-refractivity contribution < 1.29 is 0 Å². The normalized spacial score (nSPS) is 14.7. The average Bonchev–Trinajstić information content (AvgIpc) is 3.53. The summed E-state index contributed by atoms with van der Waals surface area (Å²) in [7, 11) is 0. The largest absolute Gasteiger partial charge is 0.344 e. The molecule has 0 fully saturated rings. The van der Waals surface area contributed by atoms with Crippen LogP contribution in [0.5, 0.6) is 0 Å². The van der Waals surface area contributed by atoms with E-state index in [-0.39, 0.29) is 6.17 Å². The van der Waals surface area contributed by atoms with Gasteiger partial charge in [-0.05, 0) is 68.2 Å². The van der Waals surface area contributed by atoms with Gasteiger partial charge in [0.15, 0.2) is 5.84 Å². The lowest BCUT2D eigenvalue weighted by Gasteiger charge is -2.24. The zero-order valence-electron chi connectivity index (χ0n) is 26.6. The summed E-state index contributed by atoms with van der Waals surface area (Å²) in [6.45, 7) is 0. The summed E-state index contributed by atoms with van der Waals surface area (Å²) in [5.41, 5.74) is 6.53. The Morgan fingerprint density at radius 2 is 1.06 bits per heavy atom. The summed E-state index contributed by atoms with van der Waals surface area (Å²) in [6.07, 6.45) is -0.290. The molecular formula is C45H30N4. The van der Waals surface area contributed by atoms with E-state index in [4.69, 9.17) is 9.98 Å². The van der Waals surface area contributed by atoms with Gasteiger partial charge < -0.3 is 9.88 Å². The van der Waals surface area contributed by atoms with Crippen LogP contribution in [-0.4, -0.2) is 16.2 Å². The zero-order chi connectivity index (χ0) is 32.3. The molecule has 8 aromatic carbocycles. The summed E-state index contributed by atoms with van der Waals surface area (Å²) in [5.74, 6) is 1.51. The molecule has 1 unspecified atom stereocenters. The standard InChI is InChI=1S/C45H30N4/c1-2-14-32(15-3-1)43-46-44(48-45(47-43)35-22-21-29-11-4-5-16-33(29)27-35)34-17-10-18-36(28-34)49-39-25-23-30-12-6-8-19-37(30)41(39)42-38-20-9-7-13-31(38)24-26-40(42)49/h1-28,45H,(H,46,47,48). The minimum atomic E-state index is -0.290. The van der Waals surface area contributed by atoms with Crippen molar-refractivity contribution in [2.24, 2.45) is 9.98 Å². The fraction of sp³-hybridized carbons (Fsp3) is 0.0222. The van der Waals surface area contributed by atoms with Crippen LogP contribution in [0.2, 0.25) is 0 Å². The van der Waals surface area contributed by atoms with Crippen molar-refractivity contribution in [3.05, 3.63) is 187 Å². The van der Waals surface area contributed by atoms with Crippen LogP contribution in [0.15, 0.2) is 180 Å². The molecular weight excluding hydrogens is 597 g/mol. The van der Waals surface area contributed by atoms with Crippen molar-refractivity contribution in [2.75, 3.05) is 0 Å². The minimum absolute atomic E-state index is 0.290. The molecule has 0 saturated heterocycles. The van der Waals surface area contributed by atoms with Crippen molar-refractivity contribution in [3.8, 4) is 5.69 Å². The number of amidine groups is 2. The molecule has 0 spiro atoms. The molecule has 4 heteroatoms. The van der Waals surface area contributed by atoms with Crippen LogP contribution in [0.25, 0.3) is 59.8 Å². The molecule has 0 radical (unpaired) electrons. The van der Waals surface area contributed by atoms with Gasteiger partial charge in [0.1, 0.15) is 12.0 Å². The number of nitrogens with zero attached hydrogens (tertiary/aromatic N) is 3. The Bertz CT molecular complexity index is 2710. The van der Waals surface area contributed by atoms with E-state index >= 15 is 0 Å². The van der Waals surface area contributed by atoms with E-state index in [0.717, 1.165) is 28.2 Å². The van der Waals surface area contributed by atoms with Crippen LogP contribution >= 0.6 is 0 Å². The lowest BCUT2D eigenvalue weighted by atomic mass is 10.00. The summed E-state index contributed by atoms with van der Waals surface area (Å²) in [4.78, 5) is 10.3. The third-order valence-corrected chi connectivity index (χ3v) is 9.79. The van der Waals surface area contributed by atoms with Crippen molar-refractivity contribution >= 4 is 65.8 Å². The fourth-order valence-electron chi connectivity index (χ4n) is 7.48. The van der Waals surface area contributed by atoms with E-state index in [9.17, 15) is 0 Å². The van der Waals surface area contributed by atoms with E-state index in [2.05, 4.69) is 162 Å². The summed E-state index contributed by atoms with van der Waals surface area (Å²) < 4.78 is 2.41. The van der Waals surface area contributed by atoms with Gasteiger partial charge in [0.2, 0.25) is 0 Å². The average molecular weight is 627 g/mol. The van der Waals surface area contributed by atoms with E-state index < -0.39 is 0 Å². The zero-order valence-corrected chi connectivity index (χ0v) is 26.6. The highest BCUT2D eigenvalue weighted by Gasteiger charge is 2.23. The van der Waals surface area contributed by atoms with Crippen LogP contribution in [0.3, 0.4) is 0 Å². The number of fused-ring (bicyclic) bond motifs is 8. The number of hydrogen-bond acceptors (Lipinski definition) is 3. The summed E-state index contributed by atoms with van der Waals surface area (Å²) >= 11 is 0. The molecule has 1 aromatic heterocycles. The van der Waals surface area contributed by atoms with Crippen molar-refractivity contribution in [3.63, 3.8) is 0 Å². The summed E-state index contributed by atoms with van der Waals surface area (Å²) in [5, 5.41) is 13.7. The molecule has 0 bridgehead atoms. The number of nitrogens with one attached hydrogen (secondary N) is 1. The number of aromatic nitrogens is 1. The highest BCUT2D eigenvalue weighted by atomic mass is 15.2. The second-order valence-corrected chi connectivity index (χ2v) is 12.7. The Kier molecular flexibility index (Phi) is 6.21. The van der Waals surface area contributed by atoms with Crippen LogP contribution in [0.4, 0.5) is 0 Å². The number of benzene rings is 8. The maximum atomic E-state index is 5.14. The van der Waals surface area contributed by atoms with Crippen LogP contribution in [-0.2, 0) is 0 Å². The highest BCUT2D eigenvalue weighted by molar-refractivity contribution is 6.28. The maximum Gasteiger partial charge on any atom is 0.159 e. The molecule has 9 aromatic rings. The quantitative estimate of drug-likeness (QED) is 0.207. The Hall–Kier alpha value is -6.52. The first kappa shape index (κ1) is 27.6. The second-order valence-electron chi connectivity index (χ2n) is 12.7. The van der Waals surface area contributed by atoms with E-state index in [0.29, 0.717) is 5.84 Å². The van der Waals surface area contributed by atoms with Gasteiger partial charge in [0, 0.05) is 27.6 Å². The molecule has 1 aliphatic rings. The second kappa shape index (κ2) is 11.0. The molecule has 0 saturated carbocycles. The Morgan fingerprint density at radius 3 is 1.78 bits per heavy atom. The first-order chi connectivity index (χ1) is 24.3. The molecule has 1 atom stereocenters. The third kappa shape index (κ3) is 4.53. The van der Waals surface area contributed by atoms with E-state index in [1.54, 1.807) is 0 Å². The highest BCUT2D eigenvalue weighted by Crippen LogP contribution is 2.40. The first-order valence-electron chi connectivity index (χ1n) is 16.7. The molecule has 2 heterocycles. The van der Waals surface area contributed by atoms with Gasteiger partial charge in [-0.2, -0.15) is 0 Å². The number of aliphatic imine (C=N–C) groups is 2. The van der Waals surface area contributed by atoms with Crippen LogP contribution in [0.1, 0.15) is 22.9 Å². The summed E-state index contributed by atoms with van der Waals surface area (Å²) in [6, 6.07) is 60.4. The molecule has 0 amide bonds. The van der Waals surface area contributed by atoms with Gasteiger partial charge >= 0.3 is 0 Å². The minimum Gasteiger partial charge on any atom is -0.344 e. The fourth-order valence-corrected chi connectivity index (χ4v) is 7.48. The lowest BCUT2D eigenvalue weighted by molar-refractivity contribution is 0.675. The molecule has 49 heavy (non-hydrogen) atoms. The molecule has 230 valence electrons. The molecule has 0 aliphatic carbocycles. The SMILES string of the molecule is c1ccc(C2=NC(c3ccc4ccccc4c3)NC(c3cccc(-n4c5ccc6ccccc6c5c5c6ccccc6ccc54)c3)=N2)cc1. The van der Waals surface area contributed by atoms with Gasteiger partial charge in [0.05, 0.1) is 11.0 Å². The number of hydrogen-bond donors (Lipinski definition) is 1. The predicted octanol–water partition coefficient (Wildman–Crippen LogP) is 10.7. The predicted molar refractivity (Wildman–Crippen MR) is 205 cm³/mol. The third-order valence-electron chi connectivity index (χ3n) is 9.79. The Labute approximate surface area is 283 Å². The number of rotatable bonds is 4. The Balaban J connectivity index is 1.16. The van der Waals surface area contributed by atoms with Crippen molar-refractivity contribution in [2.45, 2.75) is 6.17 Å². The Morgan fingerprint density at radius 1 is 0.469 bits per heavy atom. The monoisotopic (exact) mass is 626 g/mol. The smallest absolute Gasteiger partial charge is 0.159 e. The lowest BCUT2D eigenvalue weighted by Crippen LogP contribution is -2.33. The first-order valence-corrected chi connectivity index (χ1v) is 16.7. The molecule has 4 nitrogen and oxygen atoms in total. The van der Waals surface area contributed by atoms with E-state index in [1.807, 2.05) is 18.2 Å². The van der Waals surface area contributed by atoms with Crippen molar-refractivity contribution in [1.82, 2.24) is 9.88 Å². The van der Waals surface area contributed by atoms with Crippen molar-refractivity contribution in [1.29, 1.82) is 0 Å². The van der Waals surface area contributed by atoms with Crippen LogP contribution in [0, 0.1) is 0 Å².